The molecule has 0 fully saturated rings. The van der Waals surface area contributed by atoms with E-state index in [-0.39, 0.29) is 0 Å². The molecule has 110 valence electrons. The molecule has 0 bridgehead atoms. The summed E-state index contributed by atoms with van der Waals surface area (Å²) in [6.45, 7) is 3.87. The van der Waals surface area contributed by atoms with Crippen LogP contribution in [0.3, 0.4) is 0 Å². The fraction of sp³-hybridized carbons (Fsp3) is 0.267. The zero-order chi connectivity index (χ0) is 15.4. The molecule has 0 spiro atoms. The number of benzene rings is 1. The monoisotopic (exact) mass is 286 g/mol. The number of ether oxygens (including phenoxy) is 1. The van der Waals surface area contributed by atoms with E-state index >= 15 is 0 Å². The Bertz CT molecular complexity index is 653. The summed E-state index contributed by atoms with van der Waals surface area (Å²) in [5.41, 5.74) is 6.47. The van der Waals surface area contributed by atoms with Crippen LogP contribution in [0.1, 0.15) is 28.7 Å². The van der Waals surface area contributed by atoms with E-state index in [9.17, 15) is 4.79 Å². The van der Waals surface area contributed by atoms with Crippen molar-refractivity contribution in [2.45, 2.75) is 20.3 Å². The molecule has 6 nitrogen and oxygen atoms in total. The number of aromatic nitrogens is 2. The van der Waals surface area contributed by atoms with Gasteiger partial charge in [0.1, 0.15) is 17.4 Å². The van der Waals surface area contributed by atoms with Crippen LogP contribution in [-0.2, 0) is 6.42 Å². The molecule has 1 heterocycles. The van der Waals surface area contributed by atoms with Gasteiger partial charge in [-0.3, -0.25) is 4.79 Å². The van der Waals surface area contributed by atoms with E-state index in [1.807, 2.05) is 13.8 Å². The first kappa shape index (κ1) is 14.8. The smallest absolute Gasteiger partial charge is 0.248 e. The van der Waals surface area contributed by atoms with Crippen molar-refractivity contribution in [3.63, 3.8) is 0 Å². The molecule has 0 aliphatic rings. The average molecular weight is 286 g/mol. The molecule has 1 aromatic heterocycles. The minimum atomic E-state index is -0.467. The number of aryl methyl sites for hydroxylation is 1. The number of rotatable bonds is 5. The van der Waals surface area contributed by atoms with Crippen LogP contribution >= 0.6 is 0 Å². The number of nitrogens with one attached hydrogen (secondary N) is 1. The van der Waals surface area contributed by atoms with Crippen molar-refractivity contribution in [2.24, 2.45) is 5.73 Å². The Kier molecular flexibility index (Phi) is 4.37. The molecule has 2 aromatic rings. The lowest BCUT2D eigenvalue weighted by Crippen LogP contribution is -2.10. The Balaban J connectivity index is 2.32. The number of primary amides is 1. The van der Waals surface area contributed by atoms with Crippen LogP contribution in [0.15, 0.2) is 24.3 Å². The van der Waals surface area contributed by atoms with Gasteiger partial charge in [0.25, 0.3) is 0 Å². The van der Waals surface area contributed by atoms with Gasteiger partial charge in [-0.2, -0.15) is 4.98 Å². The molecule has 0 saturated heterocycles. The summed E-state index contributed by atoms with van der Waals surface area (Å²) in [6, 6.07) is 6.61. The lowest BCUT2D eigenvalue weighted by atomic mass is 10.2. The highest BCUT2D eigenvalue weighted by Gasteiger charge is 2.11. The highest BCUT2D eigenvalue weighted by atomic mass is 16.5. The third-order valence-corrected chi connectivity index (χ3v) is 3.05. The first-order valence-electron chi connectivity index (χ1n) is 6.68. The van der Waals surface area contributed by atoms with Gasteiger partial charge in [-0.25, -0.2) is 4.98 Å². The summed E-state index contributed by atoms with van der Waals surface area (Å²) >= 11 is 0. The Hall–Kier alpha value is -2.63. The van der Waals surface area contributed by atoms with Gasteiger partial charge in [0.15, 0.2) is 0 Å². The number of carbonyl (C=O) groups is 1. The quantitative estimate of drug-likeness (QED) is 0.880. The standard InChI is InChI=1S/C15H18N4O2/c1-4-12-18-14(17-3)9(2)15(19-12)21-11-7-5-10(6-8-11)13(16)20/h5-8H,4H2,1-3H3,(H2,16,20)(H,17,18,19). The third kappa shape index (κ3) is 3.28. The van der Waals surface area contributed by atoms with E-state index in [1.54, 1.807) is 31.3 Å². The van der Waals surface area contributed by atoms with E-state index in [0.29, 0.717) is 29.4 Å². The molecule has 6 heteroatoms. The normalized spacial score (nSPS) is 10.2. The number of hydrogen-bond donors (Lipinski definition) is 2. The third-order valence-electron chi connectivity index (χ3n) is 3.05. The van der Waals surface area contributed by atoms with Crippen LogP contribution in [-0.4, -0.2) is 22.9 Å². The predicted molar refractivity (Wildman–Crippen MR) is 80.7 cm³/mol. The maximum atomic E-state index is 11.0. The molecule has 0 radical (unpaired) electrons. The molecule has 0 unspecified atom stereocenters. The number of nitrogens with two attached hydrogens (primary N) is 1. The van der Waals surface area contributed by atoms with Crippen molar-refractivity contribution in [1.82, 2.24) is 9.97 Å². The van der Waals surface area contributed by atoms with Gasteiger partial charge in [-0.05, 0) is 31.2 Å². The number of anilines is 1. The zero-order valence-electron chi connectivity index (χ0n) is 12.3. The van der Waals surface area contributed by atoms with Crippen molar-refractivity contribution in [2.75, 3.05) is 12.4 Å². The fourth-order valence-corrected chi connectivity index (χ4v) is 1.84. The Morgan fingerprint density at radius 2 is 1.95 bits per heavy atom. The molecule has 0 atom stereocenters. The predicted octanol–water partition coefficient (Wildman–Crippen LogP) is 2.28. The highest BCUT2D eigenvalue weighted by Crippen LogP contribution is 2.27. The maximum Gasteiger partial charge on any atom is 0.248 e. The molecule has 3 N–H and O–H groups in total. The Morgan fingerprint density at radius 3 is 2.48 bits per heavy atom. The molecule has 1 aromatic carbocycles. The van der Waals surface area contributed by atoms with Gasteiger partial charge in [-0.1, -0.05) is 6.92 Å². The van der Waals surface area contributed by atoms with Gasteiger partial charge in [0, 0.05) is 19.0 Å². The van der Waals surface area contributed by atoms with Crippen molar-refractivity contribution >= 4 is 11.7 Å². The summed E-state index contributed by atoms with van der Waals surface area (Å²) in [7, 11) is 1.81. The van der Waals surface area contributed by atoms with Crippen LogP contribution in [0.25, 0.3) is 0 Å². The van der Waals surface area contributed by atoms with Crippen molar-refractivity contribution in [3.05, 3.63) is 41.2 Å². The second kappa shape index (κ2) is 6.21. The topological polar surface area (TPSA) is 90.1 Å². The zero-order valence-corrected chi connectivity index (χ0v) is 12.3. The van der Waals surface area contributed by atoms with Crippen molar-refractivity contribution < 1.29 is 9.53 Å². The fourth-order valence-electron chi connectivity index (χ4n) is 1.84. The second-order valence-electron chi connectivity index (χ2n) is 4.51. The SMILES string of the molecule is CCc1nc(NC)c(C)c(Oc2ccc(C(N)=O)cc2)n1. The van der Waals surface area contributed by atoms with Crippen LogP contribution in [0, 0.1) is 6.92 Å². The molecule has 1 amide bonds. The second-order valence-corrected chi connectivity index (χ2v) is 4.51. The van der Waals surface area contributed by atoms with Gasteiger partial charge < -0.3 is 15.8 Å². The van der Waals surface area contributed by atoms with E-state index in [2.05, 4.69) is 15.3 Å². The highest BCUT2D eigenvalue weighted by molar-refractivity contribution is 5.92. The number of hydrogen-bond acceptors (Lipinski definition) is 5. The largest absolute Gasteiger partial charge is 0.439 e. The van der Waals surface area contributed by atoms with Crippen LogP contribution in [0.4, 0.5) is 5.82 Å². The Morgan fingerprint density at radius 1 is 1.29 bits per heavy atom. The van der Waals surface area contributed by atoms with Gasteiger partial charge in [-0.15, -0.1) is 0 Å². The van der Waals surface area contributed by atoms with E-state index in [4.69, 9.17) is 10.5 Å². The van der Waals surface area contributed by atoms with Crippen molar-refractivity contribution in [3.8, 4) is 11.6 Å². The van der Waals surface area contributed by atoms with Gasteiger partial charge in [0.05, 0.1) is 5.56 Å². The van der Waals surface area contributed by atoms with Gasteiger partial charge in [0.2, 0.25) is 11.8 Å². The summed E-state index contributed by atoms with van der Waals surface area (Å²) in [5, 5.41) is 3.03. The summed E-state index contributed by atoms with van der Waals surface area (Å²) in [6.07, 6.45) is 0.714. The molecular formula is C15H18N4O2. The van der Waals surface area contributed by atoms with E-state index < -0.39 is 5.91 Å². The summed E-state index contributed by atoms with van der Waals surface area (Å²) in [4.78, 5) is 19.8. The summed E-state index contributed by atoms with van der Waals surface area (Å²) < 4.78 is 5.79. The molecule has 0 aliphatic heterocycles. The first-order chi connectivity index (χ1) is 10.0. The van der Waals surface area contributed by atoms with Crippen LogP contribution in [0.2, 0.25) is 0 Å². The average Bonchev–Trinajstić information content (AvgIpc) is 2.49. The maximum absolute atomic E-state index is 11.0. The number of nitrogens with zero attached hydrogens (tertiary/aromatic N) is 2. The van der Waals surface area contributed by atoms with Crippen molar-refractivity contribution in [1.29, 1.82) is 0 Å². The summed E-state index contributed by atoms with van der Waals surface area (Å²) in [5.74, 6) is 2.06. The molecule has 2 rings (SSSR count). The Labute approximate surface area is 123 Å². The number of carbonyl (C=O) groups excluding carboxylic acids is 1. The van der Waals surface area contributed by atoms with Gasteiger partial charge >= 0.3 is 0 Å². The first-order valence-corrected chi connectivity index (χ1v) is 6.68. The molecule has 0 saturated carbocycles. The number of amides is 1. The lowest BCUT2D eigenvalue weighted by Gasteiger charge is -2.12. The van der Waals surface area contributed by atoms with E-state index in [1.165, 1.54) is 0 Å². The van der Waals surface area contributed by atoms with Crippen LogP contribution in [0.5, 0.6) is 11.6 Å². The van der Waals surface area contributed by atoms with Crippen LogP contribution < -0.4 is 15.8 Å². The molecule has 21 heavy (non-hydrogen) atoms. The molecular weight excluding hydrogens is 268 g/mol. The molecule has 0 aliphatic carbocycles. The van der Waals surface area contributed by atoms with E-state index in [0.717, 1.165) is 11.4 Å². The minimum Gasteiger partial charge on any atom is -0.439 e. The lowest BCUT2D eigenvalue weighted by molar-refractivity contribution is 0.100. The minimum absolute atomic E-state index is 0.437.